The summed E-state index contributed by atoms with van der Waals surface area (Å²) in [5, 5.41) is 6.98. The number of nitrogens with zero attached hydrogens (tertiary/aromatic N) is 2. The van der Waals surface area contributed by atoms with E-state index < -0.39 is 0 Å². The molecule has 0 aromatic rings. The zero-order valence-corrected chi connectivity index (χ0v) is 7.53. The second-order valence-electron chi connectivity index (χ2n) is 2.66. The van der Waals surface area contributed by atoms with E-state index in [0.29, 0.717) is 17.7 Å². The summed E-state index contributed by atoms with van der Waals surface area (Å²) in [7, 11) is 0. The fourth-order valence-corrected chi connectivity index (χ4v) is 0.981. The lowest BCUT2D eigenvalue weighted by Gasteiger charge is -2.00. The molecular weight excluding hydrogens is 172 g/mol. The third-order valence-corrected chi connectivity index (χ3v) is 1.64. The van der Waals surface area contributed by atoms with Gasteiger partial charge in [0.25, 0.3) is 5.91 Å². The van der Waals surface area contributed by atoms with E-state index in [1.54, 1.807) is 6.92 Å². The number of amides is 1. The van der Waals surface area contributed by atoms with Gasteiger partial charge in [0.15, 0.2) is 0 Å². The Morgan fingerprint density at radius 3 is 2.62 bits per heavy atom. The maximum absolute atomic E-state index is 11.0. The van der Waals surface area contributed by atoms with Crippen molar-refractivity contribution in [2.24, 2.45) is 10.2 Å². The predicted octanol–water partition coefficient (Wildman–Crippen LogP) is 1.21. The molecule has 0 aromatic heterocycles. The Labute approximate surface area is 75.5 Å². The Morgan fingerprint density at radius 1 is 1.46 bits per heavy atom. The van der Waals surface area contributed by atoms with Gasteiger partial charge in [-0.05, 0) is 6.92 Å². The first-order valence-corrected chi connectivity index (χ1v) is 3.90. The number of ether oxygens (including phenoxy) is 1. The highest BCUT2D eigenvalue weighted by Crippen LogP contribution is 2.18. The smallest absolute Gasteiger partial charge is 0.302 e. The summed E-state index contributed by atoms with van der Waals surface area (Å²) in [5.41, 5.74) is 1.14. The number of carbonyl (C=O) groups is 2. The van der Waals surface area contributed by atoms with Gasteiger partial charge in [0.05, 0.1) is 12.3 Å². The Balaban J connectivity index is 2.42. The second kappa shape index (κ2) is 3.93. The third kappa shape index (κ3) is 2.47. The topological polar surface area (TPSA) is 68.1 Å². The summed E-state index contributed by atoms with van der Waals surface area (Å²) in [4.78, 5) is 21.4. The average molecular weight is 182 g/mol. The molecule has 0 aromatic carbocycles. The number of carbonyl (C=O) groups excluding carboxylic acids is 2. The van der Waals surface area contributed by atoms with Gasteiger partial charge in [0.2, 0.25) is 0 Å². The van der Waals surface area contributed by atoms with Gasteiger partial charge in [-0.15, -0.1) is 5.11 Å². The third-order valence-electron chi connectivity index (χ3n) is 1.64. The van der Waals surface area contributed by atoms with Crippen LogP contribution >= 0.6 is 0 Å². The summed E-state index contributed by atoms with van der Waals surface area (Å²) < 4.78 is 4.69. The molecule has 0 N–H and O–H groups in total. The lowest BCUT2D eigenvalue weighted by Crippen LogP contribution is -2.05. The Bertz CT molecular complexity index is 305. The van der Waals surface area contributed by atoms with Crippen LogP contribution in [0, 0.1) is 0 Å². The van der Waals surface area contributed by atoms with E-state index in [2.05, 4.69) is 10.2 Å². The molecule has 0 fully saturated rings. The van der Waals surface area contributed by atoms with E-state index >= 15 is 0 Å². The molecule has 1 rings (SSSR count). The first kappa shape index (κ1) is 9.57. The molecule has 0 aliphatic carbocycles. The van der Waals surface area contributed by atoms with E-state index in [1.165, 1.54) is 6.92 Å². The minimum absolute atomic E-state index is 0.207. The fraction of sp³-hybridized carbons (Fsp3) is 0.500. The van der Waals surface area contributed by atoms with Crippen LogP contribution in [0.4, 0.5) is 0 Å². The lowest BCUT2D eigenvalue weighted by atomic mass is 10.1. The molecule has 1 aliphatic heterocycles. The normalized spacial score (nSPS) is 15.4. The van der Waals surface area contributed by atoms with Crippen molar-refractivity contribution in [1.29, 1.82) is 0 Å². The molecular formula is C8H10N2O3. The van der Waals surface area contributed by atoms with E-state index in [1.807, 2.05) is 0 Å². The largest absolute Gasteiger partial charge is 0.466 e. The molecule has 5 nitrogen and oxygen atoms in total. The zero-order chi connectivity index (χ0) is 9.84. The number of azo groups is 1. The van der Waals surface area contributed by atoms with E-state index in [0.717, 1.165) is 0 Å². The zero-order valence-electron chi connectivity index (χ0n) is 7.53. The Morgan fingerprint density at radius 2 is 2.15 bits per heavy atom. The van der Waals surface area contributed by atoms with Crippen LogP contribution in [0.3, 0.4) is 0 Å². The Hall–Kier alpha value is -1.52. The van der Waals surface area contributed by atoms with Gasteiger partial charge in [-0.25, -0.2) is 0 Å². The maximum Gasteiger partial charge on any atom is 0.302 e. The van der Waals surface area contributed by atoms with Crippen molar-refractivity contribution in [3.63, 3.8) is 0 Å². The number of esters is 1. The highest BCUT2D eigenvalue weighted by molar-refractivity contribution is 5.96. The molecule has 0 spiro atoms. The van der Waals surface area contributed by atoms with Crippen LogP contribution in [-0.4, -0.2) is 18.5 Å². The monoisotopic (exact) mass is 182 g/mol. The van der Waals surface area contributed by atoms with Gasteiger partial charge in [-0.3, -0.25) is 9.59 Å². The van der Waals surface area contributed by atoms with E-state index in [4.69, 9.17) is 4.74 Å². The number of hydrogen-bond acceptors (Lipinski definition) is 4. The van der Waals surface area contributed by atoms with Crippen LogP contribution in [0.15, 0.2) is 21.5 Å². The van der Waals surface area contributed by atoms with Crippen LogP contribution in [0.5, 0.6) is 0 Å². The van der Waals surface area contributed by atoms with Crippen molar-refractivity contribution in [2.45, 2.75) is 20.3 Å². The summed E-state index contributed by atoms with van der Waals surface area (Å²) >= 11 is 0. The van der Waals surface area contributed by atoms with E-state index in [9.17, 15) is 9.59 Å². The molecule has 0 bridgehead atoms. The molecule has 0 unspecified atom stereocenters. The van der Waals surface area contributed by atoms with Gasteiger partial charge in [-0.1, -0.05) is 0 Å². The fourth-order valence-electron chi connectivity index (χ4n) is 0.981. The van der Waals surface area contributed by atoms with Crippen molar-refractivity contribution in [3.05, 3.63) is 11.3 Å². The van der Waals surface area contributed by atoms with Crippen LogP contribution in [0.1, 0.15) is 20.3 Å². The Kier molecular flexibility index (Phi) is 2.89. The molecule has 13 heavy (non-hydrogen) atoms. The van der Waals surface area contributed by atoms with Gasteiger partial charge < -0.3 is 4.74 Å². The molecule has 1 heterocycles. The SMILES string of the molecule is CC(=O)OCCC1=C(C)N=NC1=O. The van der Waals surface area contributed by atoms with Crippen molar-refractivity contribution < 1.29 is 14.3 Å². The van der Waals surface area contributed by atoms with Crippen molar-refractivity contribution in [3.8, 4) is 0 Å². The maximum atomic E-state index is 11.0. The van der Waals surface area contributed by atoms with Crippen LogP contribution in [0.25, 0.3) is 0 Å². The van der Waals surface area contributed by atoms with Gasteiger partial charge in [-0.2, -0.15) is 5.11 Å². The minimum atomic E-state index is -0.349. The molecule has 5 heteroatoms. The minimum Gasteiger partial charge on any atom is -0.466 e. The lowest BCUT2D eigenvalue weighted by molar-refractivity contribution is -0.141. The standard InChI is InChI=1S/C8H10N2O3/c1-5-7(8(12)10-9-5)3-4-13-6(2)11/h3-4H2,1-2H3. The molecule has 0 radical (unpaired) electrons. The van der Waals surface area contributed by atoms with Gasteiger partial charge in [0, 0.05) is 18.9 Å². The molecule has 0 atom stereocenters. The summed E-state index contributed by atoms with van der Waals surface area (Å²) in [6.07, 6.45) is 0.386. The van der Waals surface area contributed by atoms with Crippen molar-refractivity contribution in [2.75, 3.05) is 6.61 Å². The molecule has 1 amide bonds. The predicted molar refractivity (Wildman–Crippen MR) is 43.8 cm³/mol. The molecule has 0 saturated heterocycles. The van der Waals surface area contributed by atoms with E-state index in [-0.39, 0.29) is 18.5 Å². The van der Waals surface area contributed by atoms with Gasteiger partial charge >= 0.3 is 5.97 Å². The summed E-state index contributed by atoms with van der Waals surface area (Å²) in [6.45, 7) is 3.24. The molecule has 70 valence electrons. The van der Waals surface area contributed by atoms with Crippen LogP contribution in [-0.2, 0) is 14.3 Å². The highest BCUT2D eigenvalue weighted by Gasteiger charge is 2.17. The summed E-state index contributed by atoms with van der Waals surface area (Å²) in [6, 6.07) is 0. The van der Waals surface area contributed by atoms with Gasteiger partial charge in [0.1, 0.15) is 0 Å². The quantitative estimate of drug-likeness (QED) is 0.616. The second-order valence-corrected chi connectivity index (χ2v) is 2.66. The van der Waals surface area contributed by atoms with Crippen molar-refractivity contribution >= 4 is 11.9 Å². The average Bonchev–Trinajstić information content (AvgIpc) is 2.34. The first-order chi connectivity index (χ1) is 6.11. The van der Waals surface area contributed by atoms with Crippen LogP contribution < -0.4 is 0 Å². The van der Waals surface area contributed by atoms with Crippen molar-refractivity contribution in [1.82, 2.24) is 0 Å². The molecule has 0 saturated carbocycles. The first-order valence-electron chi connectivity index (χ1n) is 3.90. The summed E-state index contributed by atoms with van der Waals surface area (Å²) in [5.74, 6) is -0.678. The number of rotatable bonds is 3. The molecule has 1 aliphatic rings. The van der Waals surface area contributed by atoms with Crippen LogP contribution in [0.2, 0.25) is 0 Å². The number of allylic oxidation sites excluding steroid dienone is 1. The highest BCUT2D eigenvalue weighted by atomic mass is 16.5. The number of hydrogen-bond donors (Lipinski definition) is 0.